The van der Waals surface area contributed by atoms with Gasteiger partial charge in [-0.05, 0) is 67.3 Å². The van der Waals surface area contributed by atoms with Crippen molar-refractivity contribution in [1.29, 1.82) is 0 Å². The van der Waals surface area contributed by atoms with Gasteiger partial charge in [-0.1, -0.05) is 52.7 Å². The Hall–Kier alpha value is -0.830. The highest BCUT2D eigenvalue weighted by Crippen LogP contribution is 2.26. The highest BCUT2D eigenvalue weighted by molar-refractivity contribution is 9.10. The molecule has 0 aliphatic carbocycles. The third-order valence-electron chi connectivity index (χ3n) is 3.75. The summed E-state index contributed by atoms with van der Waals surface area (Å²) in [6, 6.07) is 13.1. The van der Waals surface area contributed by atoms with Crippen molar-refractivity contribution in [3.63, 3.8) is 0 Å². The zero-order valence-electron chi connectivity index (χ0n) is 12.7. The van der Waals surface area contributed by atoms with E-state index in [1.807, 2.05) is 12.1 Å². The summed E-state index contributed by atoms with van der Waals surface area (Å²) in [5.41, 5.74) is 5.24. The van der Waals surface area contributed by atoms with Gasteiger partial charge in [-0.25, -0.2) is 0 Å². The van der Waals surface area contributed by atoms with Crippen LogP contribution in [0.1, 0.15) is 35.2 Å². The molecule has 1 atom stereocenters. The molecule has 0 spiro atoms. The molecule has 1 nitrogen and oxygen atoms in total. The normalized spacial score (nSPS) is 12.4. The van der Waals surface area contributed by atoms with Gasteiger partial charge in [-0.3, -0.25) is 0 Å². The van der Waals surface area contributed by atoms with E-state index in [4.69, 9.17) is 11.6 Å². The molecule has 1 unspecified atom stereocenters. The van der Waals surface area contributed by atoms with Crippen LogP contribution in [-0.2, 0) is 6.42 Å². The summed E-state index contributed by atoms with van der Waals surface area (Å²) in [6.07, 6.45) is 0.960. The average Bonchev–Trinajstić information content (AvgIpc) is 2.41. The van der Waals surface area contributed by atoms with Crippen molar-refractivity contribution in [3.05, 3.63) is 68.1 Å². The Kier molecular flexibility index (Phi) is 5.86. The SMILES string of the molecule is CCNC(Cc1ccc(C)c(C)c1)c1cc(Cl)cc(Br)c1. The Bertz CT molecular complexity index is 604. The van der Waals surface area contributed by atoms with Gasteiger partial charge in [-0.2, -0.15) is 0 Å². The Balaban J connectivity index is 2.27. The van der Waals surface area contributed by atoms with E-state index in [9.17, 15) is 0 Å². The molecule has 3 heteroatoms. The zero-order chi connectivity index (χ0) is 15.4. The van der Waals surface area contributed by atoms with E-state index >= 15 is 0 Å². The second-order valence-electron chi connectivity index (χ2n) is 5.44. The van der Waals surface area contributed by atoms with Crippen LogP contribution in [0, 0.1) is 13.8 Å². The second kappa shape index (κ2) is 7.44. The summed E-state index contributed by atoms with van der Waals surface area (Å²) in [5.74, 6) is 0. The standard InChI is InChI=1S/C18H21BrClN/c1-4-21-18(15-9-16(19)11-17(20)10-15)8-14-6-5-12(2)13(3)7-14/h5-7,9-11,18,21H,4,8H2,1-3H3. The average molecular weight is 367 g/mol. The van der Waals surface area contributed by atoms with E-state index in [1.165, 1.54) is 22.3 Å². The van der Waals surface area contributed by atoms with Crippen molar-refractivity contribution in [2.75, 3.05) is 6.54 Å². The molecule has 2 aromatic carbocycles. The predicted octanol–water partition coefficient (Wildman–Crippen LogP) is 5.61. The van der Waals surface area contributed by atoms with E-state index < -0.39 is 0 Å². The molecule has 0 saturated carbocycles. The van der Waals surface area contributed by atoms with Crippen molar-refractivity contribution in [2.45, 2.75) is 33.2 Å². The smallest absolute Gasteiger partial charge is 0.0420 e. The molecule has 112 valence electrons. The number of hydrogen-bond acceptors (Lipinski definition) is 1. The summed E-state index contributed by atoms with van der Waals surface area (Å²) in [4.78, 5) is 0. The third-order valence-corrected chi connectivity index (χ3v) is 4.42. The molecule has 0 aromatic heterocycles. The molecule has 1 N–H and O–H groups in total. The lowest BCUT2D eigenvalue weighted by atomic mass is 9.96. The fraction of sp³-hybridized carbons (Fsp3) is 0.333. The first-order chi connectivity index (χ1) is 9.99. The van der Waals surface area contributed by atoms with Gasteiger partial charge in [0, 0.05) is 15.5 Å². The van der Waals surface area contributed by atoms with Crippen molar-refractivity contribution in [3.8, 4) is 0 Å². The first-order valence-electron chi connectivity index (χ1n) is 7.25. The number of benzene rings is 2. The molecule has 0 fully saturated rings. The quantitative estimate of drug-likeness (QED) is 0.725. The number of likely N-dealkylation sites (N-methyl/N-ethyl adjacent to an activating group) is 1. The Morgan fingerprint density at radius 1 is 1.10 bits per heavy atom. The molecule has 0 aliphatic rings. The maximum Gasteiger partial charge on any atom is 0.0420 e. The number of hydrogen-bond donors (Lipinski definition) is 1. The van der Waals surface area contributed by atoms with Crippen LogP contribution in [0.2, 0.25) is 5.02 Å². The minimum atomic E-state index is 0.270. The van der Waals surface area contributed by atoms with E-state index in [2.05, 4.69) is 66.3 Å². The molecule has 0 radical (unpaired) electrons. The van der Waals surface area contributed by atoms with Crippen LogP contribution < -0.4 is 5.32 Å². The van der Waals surface area contributed by atoms with Crippen LogP contribution in [-0.4, -0.2) is 6.54 Å². The minimum absolute atomic E-state index is 0.270. The van der Waals surface area contributed by atoms with Crippen molar-refractivity contribution >= 4 is 27.5 Å². The van der Waals surface area contributed by atoms with Crippen LogP contribution in [0.25, 0.3) is 0 Å². The largest absolute Gasteiger partial charge is 0.310 e. The molecule has 21 heavy (non-hydrogen) atoms. The summed E-state index contributed by atoms with van der Waals surface area (Å²) in [7, 11) is 0. The lowest BCUT2D eigenvalue weighted by molar-refractivity contribution is 0.549. The van der Waals surface area contributed by atoms with Gasteiger partial charge in [0.2, 0.25) is 0 Å². The predicted molar refractivity (Wildman–Crippen MR) is 95.2 cm³/mol. The molecule has 0 amide bonds. The van der Waals surface area contributed by atoms with Gasteiger partial charge in [0.25, 0.3) is 0 Å². The van der Waals surface area contributed by atoms with Gasteiger partial charge < -0.3 is 5.32 Å². The fourth-order valence-corrected chi connectivity index (χ4v) is 3.38. The number of nitrogens with one attached hydrogen (secondary N) is 1. The molecular formula is C18H21BrClN. The van der Waals surface area contributed by atoms with E-state index in [0.717, 1.165) is 22.5 Å². The highest BCUT2D eigenvalue weighted by atomic mass is 79.9. The first-order valence-corrected chi connectivity index (χ1v) is 8.42. The lowest BCUT2D eigenvalue weighted by Gasteiger charge is -2.20. The molecule has 0 bridgehead atoms. The number of rotatable bonds is 5. The topological polar surface area (TPSA) is 12.0 Å². The van der Waals surface area contributed by atoms with Crippen molar-refractivity contribution in [2.24, 2.45) is 0 Å². The molecular weight excluding hydrogens is 346 g/mol. The second-order valence-corrected chi connectivity index (χ2v) is 6.79. The maximum atomic E-state index is 6.19. The molecule has 0 aliphatic heterocycles. The van der Waals surface area contributed by atoms with Gasteiger partial charge in [0.05, 0.1) is 0 Å². The molecule has 2 aromatic rings. The number of aryl methyl sites for hydroxylation is 2. The number of halogens is 2. The van der Waals surface area contributed by atoms with Crippen LogP contribution in [0.4, 0.5) is 0 Å². The zero-order valence-corrected chi connectivity index (χ0v) is 15.1. The summed E-state index contributed by atoms with van der Waals surface area (Å²) in [6.45, 7) is 7.37. The molecule has 2 rings (SSSR count). The van der Waals surface area contributed by atoms with Crippen LogP contribution >= 0.6 is 27.5 Å². The van der Waals surface area contributed by atoms with Gasteiger partial charge >= 0.3 is 0 Å². The third kappa shape index (κ3) is 4.57. The van der Waals surface area contributed by atoms with Gasteiger partial charge in [0.15, 0.2) is 0 Å². The van der Waals surface area contributed by atoms with Crippen molar-refractivity contribution < 1.29 is 0 Å². The van der Waals surface area contributed by atoms with Crippen LogP contribution in [0.3, 0.4) is 0 Å². The Labute approximate surface area is 140 Å². The lowest BCUT2D eigenvalue weighted by Crippen LogP contribution is -2.23. The van der Waals surface area contributed by atoms with Crippen LogP contribution in [0.5, 0.6) is 0 Å². The molecule has 0 heterocycles. The highest BCUT2D eigenvalue weighted by Gasteiger charge is 2.13. The van der Waals surface area contributed by atoms with E-state index in [0.29, 0.717) is 0 Å². The van der Waals surface area contributed by atoms with Crippen LogP contribution in [0.15, 0.2) is 40.9 Å². The minimum Gasteiger partial charge on any atom is -0.310 e. The summed E-state index contributed by atoms with van der Waals surface area (Å²) in [5, 5.41) is 4.32. The van der Waals surface area contributed by atoms with Gasteiger partial charge in [-0.15, -0.1) is 0 Å². The maximum absolute atomic E-state index is 6.19. The summed E-state index contributed by atoms with van der Waals surface area (Å²) >= 11 is 9.71. The first kappa shape index (κ1) is 16.5. The Morgan fingerprint density at radius 2 is 1.86 bits per heavy atom. The monoisotopic (exact) mass is 365 g/mol. The summed E-state index contributed by atoms with van der Waals surface area (Å²) < 4.78 is 1.02. The van der Waals surface area contributed by atoms with Crippen molar-refractivity contribution in [1.82, 2.24) is 5.32 Å². The van der Waals surface area contributed by atoms with E-state index in [1.54, 1.807) is 0 Å². The Morgan fingerprint density at radius 3 is 2.48 bits per heavy atom. The fourth-order valence-electron chi connectivity index (χ4n) is 2.50. The molecule has 0 saturated heterocycles. The van der Waals surface area contributed by atoms with E-state index in [-0.39, 0.29) is 6.04 Å². The van der Waals surface area contributed by atoms with Gasteiger partial charge in [0.1, 0.15) is 0 Å².